The molecule has 2 aliphatic rings. The lowest BCUT2D eigenvalue weighted by molar-refractivity contribution is 0.0263. The van der Waals surface area contributed by atoms with E-state index in [0.29, 0.717) is 0 Å². The summed E-state index contributed by atoms with van der Waals surface area (Å²) in [5, 5.41) is 21.2. The zero-order valence-corrected chi connectivity index (χ0v) is 15.2. The highest BCUT2D eigenvalue weighted by atomic mass is 16.3. The first kappa shape index (κ1) is 17.7. The van der Waals surface area contributed by atoms with E-state index in [1.807, 2.05) is 0 Å². The zero-order valence-electron chi connectivity index (χ0n) is 15.2. The predicted molar refractivity (Wildman–Crippen MR) is 92.5 cm³/mol. The van der Waals surface area contributed by atoms with E-state index in [1.54, 1.807) is 0 Å². The van der Waals surface area contributed by atoms with Gasteiger partial charge in [0.1, 0.15) is 0 Å². The van der Waals surface area contributed by atoms with E-state index in [-0.39, 0.29) is 22.7 Å². The Kier molecular flexibility index (Phi) is 4.94. The third kappa shape index (κ3) is 3.83. The van der Waals surface area contributed by atoms with E-state index >= 15 is 0 Å². The molecule has 126 valence electrons. The summed E-state index contributed by atoms with van der Waals surface area (Å²) in [5.41, 5.74) is 2.98. The van der Waals surface area contributed by atoms with Crippen molar-refractivity contribution < 1.29 is 10.2 Å². The highest BCUT2D eigenvalue weighted by Crippen LogP contribution is 2.43. The number of rotatable bonds is 1. The van der Waals surface area contributed by atoms with Gasteiger partial charge in [0, 0.05) is 0 Å². The summed E-state index contributed by atoms with van der Waals surface area (Å²) >= 11 is 0. The summed E-state index contributed by atoms with van der Waals surface area (Å²) in [6, 6.07) is 0. The number of aliphatic hydroxyl groups is 2. The highest BCUT2D eigenvalue weighted by Gasteiger charge is 2.38. The fraction of sp³-hybridized carbons (Fsp3) is 0.800. The van der Waals surface area contributed by atoms with Crippen molar-refractivity contribution in [1.82, 2.24) is 0 Å². The first-order valence-electron chi connectivity index (χ1n) is 8.78. The second kappa shape index (κ2) is 6.13. The Morgan fingerprint density at radius 2 is 1.05 bits per heavy atom. The predicted octanol–water partition coefficient (Wildman–Crippen LogP) is 4.47. The van der Waals surface area contributed by atoms with Gasteiger partial charge >= 0.3 is 0 Å². The van der Waals surface area contributed by atoms with E-state index in [9.17, 15) is 10.2 Å². The molecule has 2 heteroatoms. The molecule has 0 heterocycles. The molecule has 2 nitrogen and oxygen atoms in total. The molecular formula is C20H34O2. The van der Waals surface area contributed by atoms with Crippen LogP contribution in [0, 0.1) is 22.7 Å². The Morgan fingerprint density at radius 1 is 0.727 bits per heavy atom. The van der Waals surface area contributed by atoms with Crippen LogP contribution in [0.5, 0.6) is 0 Å². The molecule has 2 N–H and O–H groups in total. The van der Waals surface area contributed by atoms with Crippen molar-refractivity contribution in [3.05, 3.63) is 23.3 Å². The van der Waals surface area contributed by atoms with Gasteiger partial charge in [-0.25, -0.2) is 0 Å². The van der Waals surface area contributed by atoms with Crippen molar-refractivity contribution in [1.29, 1.82) is 0 Å². The summed E-state index contributed by atoms with van der Waals surface area (Å²) in [5.74, 6) is 0.387. The Bertz CT molecular complexity index is 415. The van der Waals surface area contributed by atoms with Gasteiger partial charge in [0.05, 0.1) is 12.2 Å². The van der Waals surface area contributed by atoms with Gasteiger partial charge in [-0.05, 0) is 48.3 Å². The molecule has 0 aliphatic heterocycles. The normalized spacial score (nSPS) is 34.2. The van der Waals surface area contributed by atoms with Crippen molar-refractivity contribution in [2.75, 3.05) is 0 Å². The fourth-order valence-electron chi connectivity index (χ4n) is 4.00. The van der Waals surface area contributed by atoms with E-state index < -0.39 is 12.2 Å². The lowest BCUT2D eigenvalue weighted by atomic mass is 9.67. The molecule has 0 fully saturated rings. The van der Waals surface area contributed by atoms with Gasteiger partial charge in [-0.2, -0.15) is 0 Å². The van der Waals surface area contributed by atoms with Gasteiger partial charge in [0.15, 0.2) is 0 Å². The summed E-state index contributed by atoms with van der Waals surface area (Å²) in [6.45, 7) is 13.2. The van der Waals surface area contributed by atoms with E-state index in [4.69, 9.17) is 0 Å². The Morgan fingerprint density at radius 3 is 1.27 bits per heavy atom. The molecule has 2 rings (SSSR count). The van der Waals surface area contributed by atoms with Gasteiger partial charge in [-0.3, -0.25) is 0 Å². The molecule has 0 aromatic heterocycles. The number of hydrogen-bond donors (Lipinski definition) is 2. The van der Waals surface area contributed by atoms with E-state index in [1.165, 1.54) is 11.1 Å². The maximum atomic E-state index is 10.6. The van der Waals surface area contributed by atoms with Crippen LogP contribution in [0.3, 0.4) is 0 Å². The van der Waals surface area contributed by atoms with Crippen LogP contribution < -0.4 is 0 Å². The average Bonchev–Trinajstić information content (AvgIpc) is 2.37. The van der Waals surface area contributed by atoms with Crippen LogP contribution in [0.25, 0.3) is 0 Å². The minimum absolute atomic E-state index is 0.135. The van der Waals surface area contributed by atoms with Crippen molar-refractivity contribution in [2.45, 2.75) is 79.4 Å². The topological polar surface area (TPSA) is 40.5 Å². The average molecular weight is 306 g/mol. The molecule has 4 atom stereocenters. The van der Waals surface area contributed by atoms with Gasteiger partial charge < -0.3 is 10.2 Å². The molecular weight excluding hydrogens is 272 g/mol. The summed E-state index contributed by atoms with van der Waals surface area (Å²) in [6.07, 6.45) is 7.37. The maximum Gasteiger partial charge on any atom is 0.0755 e. The standard InChI is InChI=1S/C20H34O2/c1-19(2,3)13-7-9-15(17(21)11-13)16-10-8-14(12-18(16)22)20(4,5)6/h11-12,15-18,21-22H,7-10H2,1-6H3/t15-,16+,17-,18-/m1/s1. The smallest absolute Gasteiger partial charge is 0.0755 e. The monoisotopic (exact) mass is 306 g/mol. The first-order valence-corrected chi connectivity index (χ1v) is 8.78. The van der Waals surface area contributed by atoms with Gasteiger partial charge in [0.2, 0.25) is 0 Å². The minimum atomic E-state index is -0.410. The molecule has 0 saturated heterocycles. The van der Waals surface area contributed by atoms with Gasteiger partial charge in [-0.15, -0.1) is 0 Å². The quantitative estimate of drug-likeness (QED) is 0.702. The van der Waals surface area contributed by atoms with Crippen LogP contribution in [0.1, 0.15) is 67.2 Å². The molecule has 0 radical (unpaired) electrons. The second-order valence-electron chi connectivity index (χ2n) is 9.27. The Hall–Kier alpha value is -0.600. The van der Waals surface area contributed by atoms with Crippen LogP contribution in [0.2, 0.25) is 0 Å². The number of aliphatic hydroxyl groups excluding tert-OH is 2. The summed E-state index contributed by atoms with van der Waals surface area (Å²) in [4.78, 5) is 0. The first-order chi connectivity index (χ1) is 10.00. The molecule has 0 spiro atoms. The van der Waals surface area contributed by atoms with Crippen molar-refractivity contribution in [3.63, 3.8) is 0 Å². The fourth-order valence-corrected chi connectivity index (χ4v) is 4.00. The molecule has 0 unspecified atom stereocenters. The zero-order chi connectivity index (χ0) is 16.7. The van der Waals surface area contributed by atoms with Crippen LogP contribution in [0.15, 0.2) is 23.3 Å². The Labute approximate surface area is 136 Å². The van der Waals surface area contributed by atoms with Crippen LogP contribution in [-0.4, -0.2) is 22.4 Å². The molecule has 0 amide bonds. The third-order valence-corrected chi connectivity index (χ3v) is 5.59. The van der Waals surface area contributed by atoms with E-state index in [2.05, 4.69) is 53.7 Å². The highest BCUT2D eigenvalue weighted by molar-refractivity contribution is 5.21. The molecule has 0 aromatic rings. The Balaban J connectivity index is 2.12. The van der Waals surface area contributed by atoms with E-state index in [0.717, 1.165) is 25.7 Å². The van der Waals surface area contributed by atoms with Crippen molar-refractivity contribution in [2.24, 2.45) is 22.7 Å². The minimum Gasteiger partial charge on any atom is -0.389 e. The lowest BCUT2D eigenvalue weighted by Crippen LogP contribution is -2.39. The molecule has 0 aromatic carbocycles. The molecule has 22 heavy (non-hydrogen) atoms. The van der Waals surface area contributed by atoms with Gasteiger partial charge in [0.25, 0.3) is 0 Å². The number of hydrogen-bond acceptors (Lipinski definition) is 2. The second-order valence-corrected chi connectivity index (χ2v) is 9.27. The lowest BCUT2D eigenvalue weighted by Gasteiger charge is -2.41. The van der Waals surface area contributed by atoms with Crippen molar-refractivity contribution >= 4 is 0 Å². The summed E-state index contributed by atoms with van der Waals surface area (Å²) < 4.78 is 0. The van der Waals surface area contributed by atoms with Crippen LogP contribution in [-0.2, 0) is 0 Å². The number of allylic oxidation sites excluding steroid dienone is 2. The van der Waals surface area contributed by atoms with Crippen LogP contribution >= 0.6 is 0 Å². The van der Waals surface area contributed by atoms with Gasteiger partial charge in [-0.1, -0.05) is 64.8 Å². The van der Waals surface area contributed by atoms with Crippen LogP contribution in [0.4, 0.5) is 0 Å². The molecule has 0 saturated carbocycles. The summed E-state index contributed by atoms with van der Waals surface area (Å²) in [7, 11) is 0. The molecule has 0 bridgehead atoms. The maximum absolute atomic E-state index is 10.6. The molecule has 2 aliphatic carbocycles. The largest absolute Gasteiger partial charge is 0.389 e. The van der Waals surface area contributed by atoms with Crippen molar-refractivity contribution in [3.8, 4) is 0 Å². The third-order valence-electron chi connectivity index (χ3n) is 5.59. The SMILES string of the molecule is CC(C)(C)C1=C[C@@H](O)[C@@H]([C@@H]2CCC(C(C)(C)C)=C[C@H]2O)CC1.